The van der Waals surface area contributed by atoms with E-state index in [0.29, 0.717) is 38.5 Å². The van der Waals surface area contributed by atoms with E-state index in [2.05, 4.69) is 10.2 Å². The van der Waals surface area contributed by atoms with E-state index in [-0.39, 0.29) is 17.2 Å². The van der Waals surface area contributed by atoms with E-state index in [9.17, 15) is 14.7 Å². The van der Waals surface area contributed by atoms with Crippen LogP contribution in [0.15, 0.2) is 18.2 Å². The van der Waals surface area contributed by atoms with Crippen molar-refractivity contribution in [3.63, 3.8) is 0 Å². The SMILES string of the molecule is COCCCCOc1cc(C(=O)O)ccc1C(=O)NCCN1CCOCC1. The van der Waals surface area contributed by atoms with E-state index in [0.717, 1.165) is 32.5 Å². The Hall–Kier alpha value is -2.16. The van der Waals surface area contributed by atoms with E-state index < -0.39 is 5.97 Å². The molecule has 2 N–H and O–H groups in total. The Morgan fingerprint density at radius 3 is 2.67 bits per heavy atom. The van der Waals surface area contributed by atoms with Crippen LogP contribution >= 0.6 is 0 Å². The van der Waals surface area contributed by atoms with Crippen LogP contribution < -0.4 is 10.1 Å². The van der Waals surface area contributed by atoms with Gasteiger partial charge in [-0.25, -0.2) is 4.79 Å². The molecule has 27 heavy (non-hydrogen) atoms. The summed E-state index contributed by atoms with van der Waals surface area (Å²) in [5.41, 5.74) is 0.431. The summed E-state index contributed by atoms with van der Waals surface area (Å²) in [5, 5.41) is 12.1. The number of carboxylic acids is 1. The molecule has 1 aromatic carbocycles. The molecule has 150 valence electrons. The van der Waals surface area contributed by atoms with Crippen molar-refractivity contribution < 1.29 is 28.9 Å². The van der Waals surface area contributed by atoms with Gasteiger partial charge in [0.05, 0.1) is 30.9 Å². The minimum atomic E-state index is -1.06. The molecule has 0 aliphatic carbocycles. The number of benzene rings is 1. The van der Waals surface area contributed by atoms with Gasteiger partial charge in [-0.15, -0.1) is 0 Å². The van der Waals surface area contributed by atoms with Gasteiger partial charge in [0.1, 0.15) is 5.75 Å². The lowest BCUT2D eigenvalue weighted by molar-refractivity contribution is 0.0383. The molecule has 1 amide bonds. The van der Waals surface area contributed by atoms with Crippen molar-refractivity contribution in [2.24, 2.45) is 0 Å². The molecule has 1 heterocycles. The molecule has 8 heteroatoms. The van der Waals surface area contributed by atoms with Gasteiger partial charge < -0.3 is 24.6 Å². The molecule has 1 fully saturated rings. The summed E-state index contributed by atoms with van der Waals surface area (Å²) in [6, 6.07) is 4.31. The van der Waals surface area contributed by atoms with Gasteiger partial charge in [0.15, 0.2) is 0 Å². The normalized spacial score (nSPS) is 14.7. The lowest BCUT2D eigenvalue weighted by atomic mass is 10.1. The number of methoxy groups -OCH3 is 1. The van der Waals surface area contributed by atoms with E-state index in [1.807, 2.05) is 0 Å². The van der Waals surface area contributed by atoms with Gasteiger partial charge in [-0.1, -0.05) is 0 Å². The summed E-state index contributed by atoms with van der Waals surface area (Å²) < 4.78 is 16.0. The second-order valence-electron chi connectivity index (χ2n) is 6.27. The molecule has 0 atom stereocenters. The maximum Gasteiger partial charge on any atom is 0.335 e. The highest BCUT2D eigenvalue weighted by Gasteiger charge is 2.16. The molecule has 2 rings (SSSR count). The molecule has 0 saturated carbocycles. The van der Waals surface area contributed by atoms with Gasteiger partial charge in [0.2, 0.25) is 0 Å². The quantitative estimate of drug-likeness (QED) is 0.558. The van der Waals surface area contributed by atoms with Gasteiger partial charge in [-0.2, -0.15) is 0 Å². The van der Waals surface area contributed by atoms with Gasteiger partial charge >= 0.3 is 5.97 Å². The molecular formula is C19H28N2O6. The Morgan fingerprint density at radius 2 is 1.96 bits per heavy atom. The molecule has 0 radical (unpaired) electrons. The number of nitrogens with one attached hydrogen (secondary N) is 1. The van der Waals surface area contributed by atoms with Crippen LogP contribution in [0.3, 0.4) is 0 Å². The molecular weight excluding hydrogens is 352 g/mol. The predicted octanol–water partition coefficient (Wildman–Crippen LogP) is 1.25. The van der Waals surface area contributed by atoms with Crippen molar-refractivity contribution in [2.75, 3.05) is 59.7 Å². The third-order valence-electron chi connectivity index (χ3n) is 4.29. The van der Waals surface area contributed by atoms with Crippen molar-refractivity contribution in [1.82, 2.24) is 10.2 Å². The Labute approximate surface area is 159 Å². The van der Waals surface area contributed by atoms with E-state index in [1.165, 1.54) is 18.2 Å². The fourth-order valence-corrected chi connectivity index (χ4v) is 2.74. The monoisotopic (exact) mass is 380 g/mol. The van der Waals surface area contributed by atoms with Gasteiger partial charge in [0, 0.05) is 39.9 Å². The summed E-state index contributed by atoms with van der Waals surface area (Å²) in [5.74, 6) is -1.04. The third-order valence-corrected chi connectivity index (χ3v) is 4.29. The summed E-state index contributed by atoms with van der Waals surface area (Å²) in [6.07, 6.45) is 1.58. The highest BCUT2D eigenvalue weighted by molar-refractivity contribution is 5.98. The van der Waals surface area contributed by atoms with Crippen LogP contribution in [0.4, 0.5) is 0 Å². The highest BCUT2D eigenvalue weighted by Crippen LogP contribution is 2.21. The summed E-state index contributed by atoms with van der Waals surface area (Å²) in [4.78, 5) is 26.0. The number of carboxylic acid groups (broad SMARTS) is 1. The lowest BCUT2D eigenvalue weighted by Crippen LogP contribution is -2.41. The van der Waals surface area contributed by atoms with E-state index >= 15 is 0 Å². The number of rotatable bonds is 11. The number of ether oxygens (including phenoxy) is 3. The second kappa shape index (κ2) is 11.5. The van der Waals surface area contributed by atoms with Crippen LogP contribution in [0.2, 0.25) is 0 Å². The van der Waals surface area contributed by atoms with Crippen molar-refractivity contribution >= 4 is 11.9 Å². The van der Waals surface area contributed by atoms with Crippen LogP contribution in [-0.4, -0.2) is 81.6 Å². The van der Waals surface area contributed by atoms with Crippen LogP contribution in [0, 0.1) is 0 Å². The molecule has 1 aliphatic heterocycles. The molecule has 1 aromatic rings. The number of hydrogen-bond acceptors (Lipinski definition) is 6. The Morgan fingerprint density at radius 1 is 1.22 bits per heavy atom. The molecule has 0 spiro atoms. The first kappa shape index (κ1) is 21.1. The maximum atomic E-state index is 12.5. The molecule has 0 unspecified atom stereocenters. The van der Waals surface area contributed by atoms with Crippen LogP contribution in [0.25, 0.3) is 0 Å². The maximum absolute atomic E-state index is 12.5. The zero-order valence-corrected chi connectivity index (χ0v) is 15.7. The molecule has 1 saturated heterocycles. The summed E-state index contributed by atoms with van der Waals surface area (Å²) in [7, 11) is 1.64. The number of hydrogen-bond donors (Lipinski definition) is 2. The number of unbranched alkanes of at least 4 members (excludes halogenated alkanes) is 1. The predicted molar refractivity (Wildman–Crippen MR) is 99.6 cm³/mol. The molecule has 0 aromatic heterocycles. The number of carbonyl (C=O) groups excluding carboxylic acids is 1. The third kappa shape index (κ3) is 7.16. The van der Waals surface area contributed by atoms with E-state index in [4.69, 9.17) is 14.2 Å². The topological polar surface area (TPSA) is 97.3 Å². The summed E-state index contributed by atoms with van der Waals surface area (Å²) in [6.45, 7) is 5.42. The number of aromatic carboxylic acids is 1. The molecule has 1 aliphatic rings. The minimum Gasteiger partial charge on any atom is -0.493 e. The number of carbonyl (C=O) groups is 2. The smallest absolute Gasteiger partial charge is 0.335 e. The van der Waals surface area contributed by atoms with Crippen molar-refractivity contribution in [2.45, 2.75) is 12.8 Å². The first-order valence-electron chi connectivity index (χ1n) is 9.19. The van der Waals surface area contributed by atoms with Crippen molar-refractivity contribution in [3.8, 4) is 5.75 Å². The average molecular weight is 380 g/mol. The standard InChI is InChI=1S/C19H28N2O6/c1-25-10-2-3-11-27-17-14-15(19(23)24)4-5-16(17)18(22)20-6-7-21-8-12-26-13-9-21/h4-5,14H,2-3,6-13H2,1H3,(H,20,22)(H,23,24). The largest absolute Gasteiger partial charge is 0.493 e. The second-order valence-corrected chi connectivity index (χ2v) is 6.27. The number of nitrogens with zero attached hydrogens (tertiary/aromatic N) is 1. The Bertz CT molecular complexity index is 616. The van der Waals surface area contributed by atoms with Crippen molar-refractivity contribution in [1.29, 1.82) is 0 Å². The van der Waals surface area contributed by atoms with Gasteiger partial charge in [-0.05, 0) is 31.0 Å². The molecule has 8 nitrogen and oxygen atoms in total. The van der Waals surface area contributed by atoms with Crippen LogP contribution in [0.5, 0.6) is 5.75 Å². The zero-order valence-electron chi connectivity index (χ0n) is 15.7. The van der Waals surface area contributed by atoms with E-state index in [1.54, 1.807) is 7.11 Å². The van der Waals surface area contributed by atoms with Gasteiger partial charge in [-0.3, -0.25) is 9.69 Å². The van der Waals surface area contributed by atoms with Crippen LogP contribution in [0.1, 0.15) is 33.6 Å². The van der Waals surface area contributed by atoms with Crippen LogP contribution in [-0.2, 0) is 9.47 Å². The Balaban J connectivity index is 1.93. The number of amides is 1. The highest BCUT2D eigenvalue weighted by atomic mass is 16.5. The zero-order chi connectivity index (χ0) is 19.5. The fourth-order valence-electron chi connectivity index (χ4n) is 2.74. The van der Waals surface area contributed by atoms with Crippen molar-refractivity contribution in [3.05, 3.63) is 29.3 Å². The average Bonchev–Trinajstić information content (AvgIpc) is 2.68. The molecule has 0 bridgehead atoms. The first-order chi connectivity index (χ1) is 13.1. The number of morpholine rings is 1. The Kier molecular flexibility index (Phi) is 9.03. The lowest BCUT2D eigenvalue weighted by Gasteiger charge is -2.26. The first-order valence-corrected chi connectivity index (χ1v) is 9.19. The van der Waals surface area contributed by atoms with Gasteiger partial charge in [0.25, 0.3) is 5.91 Å². The fraction of sp³-hybridized carbons (Fsp3) is 0.579. The summed E-state index contributed by atoms with van der Waals surface area (Å²) >= 11 is 0. The minimum absolute atomic E-state index is 0.0896.